The van der Waals surface area contributed by atoms with E-state index in [0.29, 0.717) is 5.56 Å². The maximum atomic E-state index is 13.1. The number of hydrogen-bond acceptors (Lipinski definition) is 4. The van der Waals surface area contributed by atoms with Crippen LogP contribution in [-0.2, 0) is 6.42 Å². The van der Waals surface area contributed by atoms with E-state index in [9.17, 15) is 4.79 Å². The van der Waals surface area contributed by atoms with Gasteiger partial charge in [0.25, 0.3) is 5.91 Å². The SMILES string of the molecule is COc1ccc(-c2cn3c(n2)sc2cc(C(=O)N[C@H]4CCCc5ccccc54)ccc23)cc1. The number of thiazole rings is 1. The van der Waals surface area contributed by atoms with Gasteiger partial charge in [0.2, 0.25) is 0 Å². The average Bonchev–Trinajstić information content (AvgIpc) is 3.42. The fourth-order valence-electron chi connectivity index (χ4n) is 4.69. The summed E-state index contributed by atoms with van der Waals surface area (Å²) >= 11 is 1.60. The molecule has 1 aliphatic carbocycles. The van der Waals surface area contributed by atoms with Gasteiger partial charge in [-0.1, -0.05) is 35.6 Å². The first-order valence-electron chi connectivity index (χ1n) is 11.1. The number of fused-ring (bicyclic) bond motifs is 4. The molecule has 5 nitrogen and oxygen atoms in total. The molecular weight excluding hydrogens is 430 g/mol. The van der Waals surface area contributed by atoms with Crippen molar-refractivity contribution in [3.63, 3.8) is 0 Å². The zero-order valence-corrected chi connectivity index (χ0v) is 19.1. The summed E-state index contributed by atoms with van der Waals surface area (Å²) < 4.78 is 8.39. The lowest BCUT2D eigenvalue weighted by Crippen LogP contribution is -2.30. The van der Waals surface area contributed by atoms with Gasteiger partial charge in [0.15, 0.2) is 4.96 Å². The summed E-state index contributed by atoms with van der Waals surface area (Å²) in [5.41, 5.74) is 6.30. The number of aryl methyl sites for hydroxylation is 1. The van der Waals surface area contributed by atoms with E-state index >= 15 is 0 Å². The highest BCUT2D eigenvalue weighted by Gasteiger charge is 2.22. The number of hydrogen-bond donors (Lipinski definition) is 1. The smallest absolute Gasteiger partial charge is 0.251 e. The molecule has 0 bridgehead atoms. The molecule has 164 valence electrons. The maximum Gasteiger partial charge on any atom is 0.251 e. The van der Waals surface area contributed by atoms with Crippen LogP contribution in [0.25, 0.3) is 26.4 Å². The van der Waals surface area contributed by atoms with Crippen LogP contribution < -0.4 is 10.1 Å². The van der Waals surface area contributed by atoms with Gasteiger partial charge < -0.3 is 10.1 Å². The standard InChI is InChI=1S/C27H23N3O2S/c1-32-20-12-9-18(10-13-20)23-16-30-24-14-11-19(15-25(24)33-27(30)29-23)26(31)28-22-8-4-6-17-5-2-3-7-21(17)22/h2-3,5,7,9-16,22H,4,6,8H2,1H3,(H,28,31)/t22-/m0/s1. The molecule has 33 heavy (non-hydrogen) atoms. The van der Waals surface area contributed by atoms with Gasteiger partial charge in [-0.15, -0.1) is 0 Å². The molecule has 1 atom stereocenters. The molecule has 1 aliphatic rings. The molecule has 5 aromatic rings. The third kappa shape index (κ3) is 3.56. The second kappa shape index (κ2) is 8.05. The van der Waals surface area contributed by atoms with E-state index in [0.717, 1.165) is 51.4 Å². The van der Waals surface area contributed by atoms with E-state index in [1.54, 1.807) is 18.4 Å². The number of imidazole rings is 1. The van der Waals surface area contributed by atoms with Gasteiger partial charge in [-0.25, -0.2) is 4.98 Å². The van der Waals surface area contributed by atoms with Crippen molar-refractivity contribution in [2.45, 2.75) is 25.3 Å². The molecule has 6 rings (SSSR count). The Morgan fingerprint density at radius 2 is 1.97 bits per heavy atom. The zero-order chi connectivity index (χ0) is 22.4. The van der Waals surface area contributed by atoms with E-state index in [1.807, 2.05) is 42.5 Å². The van der Waals surface area contributed by atoms with Gasteiger partial charge in [0, 0.05) is 17.3 Å². The topological polar surface area (TPSA) is 55.6 Å². The fraction of sp³-hybridized carbons (Fsp3) is 0.185. The van der Waals surface area contributed by atoms with Gasteiger partial charge in [0.05, 0.1) is 29.1 Å². The van der Waals surface area contributed by atoms with Crippen molar-refractivity contribution in [2.24, 2.45) is 0 Å². The van der Waals surface area contributed by atoms with Gasteiger partial charge in [-0.05, 0) is 72.9 Å². The third-order valence-electron chi connectivity index (χ3n) is 6.42. The summed E-state index contributed by atoms with van der Waals surface area (Å²) in [5.74, 6) is 0.802. The number of aromatic nitrogens is 2. The molecule has 0 saturated heterocycles. The Hall–Kier alpha value is -3.64. The van der Waals surface area contributed by atoms with Gasteiger partial charge in [-0.3, -0.25) is 9.20 Å². The highest BCUT2D eigenvalue weighted by molar-refractivity contribution is 7.23. The van der Waals surface area contributed by atoms with Gasteiger partial charge in [0.1, 0.15) is 5.75 Å². The van der Waals surface area contributed by atoms with E-state index in [2.05, 4.69) is 40.2 Å². The lowest BCUT2D eigenvalue weighted by molar-refractivity contribution is 0.0933. The number of rotatable bonds is 4. The van der Waals surface area contributed by atoms with E-state index in [-0.39, 0.29) is 11.9 Å². The molecular formula is C27H23N3O2S. The predicted molar refractivity (Wildman–Crippen MR) is 132 cm³/mol. The van der Waals surface area contributed by atoms with Crippen LogP contribution in [0.5, 0.6) is 5.75 Å². The van der Waals surface area contributed by atoms with Crippen LogP contribution in [-0.4, -0.2) is 22.4 Å². The monoisotopic (exact) mass is 453 g/mol. The molecule has 1 amide bonds. The fourth-order valence-corrected chi connectivity index (χ4v) is 5.74. The molecule has 0 saturated carbocycles. The second-order valence-electron chi connectivity index (χ2n) is 8.41. The molecule has 0 aliphatic heterocycles. The minimum Gasteiger partial charge on any atom is -0.497 e. The zero-order valence-electron chi connectivity index (χ0n) is 18.2. The summed E-state index contributed by atoms with van der Waals surface area (Å²) in [7, 11) is 1.66. The normalized spacial score (nSPS) is 15.5. The molecule has 3 aromatic carbocycles. The summed E-state index contributed by atoms with van der Waals surface area (Å²) in [6.07, 6.45) is 5.21. The van der Waals surface area contributed by atoms with Gasteiger partial charge in [-0.2, -0.15) is 0 Å². The Bertz CT molecular complexity index is 1480. The molecule has 0 fully saturated rings. The number of carbonyl (C=O) groups is 1. The van der Waals surface area contributed by atoms with E-state index in [1.165, 1.54) is 11.1 Å². The lowest BCUT2D eigenvalue weighted by Gasteiger charge is -2.26. The van der Waals surface area contributed by atoms with Crippen LogP contribution in [0.1, 0.15) is 40.4 Å². The highest BCUT2D eigenvalue weighted by atomic mass is 32.1. The third-order valence-corrected chi connectivity index (χ3v) is 7.43. The Morgan fingerprint density at radius 3 is 2.82 bits per heavy atom. The van der Waals surface area contributed by atoms with Crippen LogP contribution in [0.3, 0.4) is 0 Å². The largest absolute Gasteiger partial charge is 0.497 e. The first-order chi connectivity index (χ1) is 16.2. The minimum absolute atomic E-state index is 0.0245. The number of carbonyl (C=O) groups excluding carboxylic acids is 1. The molecule has 6 heteroatoms. The number of benzene rings is 3. The van der Waals surface area contributed by atoms with Crippen molar-refractivity contribution in [3.05, 3.63) is 89.6 Å². The van der Waals surface area contributed by atoms with E-state index in [4.69, 9.17) is 9.72 Å². The second-order valence-corrected chi connectivity index (χ2v) is 9.42. The van der Waals surface area contributed by atoms with Crippen LogP contribution in [0.2, 0.25) is 0 Å². The van der Waals surface area contributed by atoms with Crippen molar-refractivity contribution in [2.75, 3.05) is 7.11 Å². The summed E-state index contributed by atoms with van der Waals surface area (Å²) in [5, 5.41) is 3.26. The number of nitrogens with zero attached hydrogens (tertiary/aromatic N) is 2. The number of methoxy groups -OCH3 is 1. The Morgan fingerprint density at radius 1 is 1.12 bits per heavy atom. The lowest BCUT2D eigenvalue weighted by atomic mass is 9.87. The molecule has 0 unspecified atom stereocenters. The van der Waals surface area contributed by atoms with Crippen LogP contribution in [0.15, 0.2) is 72.9 Å². The molecule has 2 aromatic heterocycles. The first-order valence-corrected chi connectivity index (χ1v) is 12.0. The van der Waals surface area contributed by atoms with Crippen LogP contribution in [0.4, 0.5) is 0 Å². The van der Waals surface area contributed by atoms with Crippen molar-refractivity contribution in [3.8, 4) is 17.0 Å². The number of nitrogens with one attached hydrogen (secondary N) is 1. The Labute approximate surface area is 195 Å². The van der Waals surface area contributed by atoms with Crippen molar-refractivity contribution in [1.29, 1.82) is 0 Å². The molecule has 0 radical (unpaired) electrons. The summed E-state index contributed by atoms with van der Waals surface area (Å²) in [4.78, 5) is 18.8. The molecule has 0 spiro atoms. The van der Waals surface area contributed by atoms with Crippen molar-refractivity contribution < 1.29 is 9.53 Å². The number of amides is 1. The Kier molecular flexibility index (Phi) is 4.88. The summed E-state index contributed by atoms with van der Waals surface area (Å²) in [6.45, 7) is 0. The average molecular weight is 454 g/mol. The predicted octanol–water partition coefficient (Wildman–Crippen LogP) is 6.03. The van der Waals surface area contributed by atoms with Crippen LogP contribution in [0, 0.1) is 0 Å². The maximum absolute atomic E-state index is 13.1. The molecule has 2 heterocycles. The minimum atomic E-state index is -0.0245. The first kappa shape index (κ1) is 20.0. The quantitative estimate of drug-likeness (QED) is 0.361. The van der Waals surface area contributed by atoms with Crippen molar-refractivity contribution >= 4 is 32.4 Å². The van der Waals surface area contributed by atoms with E-state index < -0.39 is 0 Å². The van der Waals surface area contributed by atoms with Crippen LogP contribution >= 0.6 is 11.3 Å². The summed E-state index contributed by atoms with van der Waals surface area (Å²) in [6, 6.07) is 22.3. The van der Waals surface area contributed by atoms with Gasteiger partial charge >= 0.3 is 0 Å². The Balaban J connectivity index is 1.28. The molecule has 1 N–H and O–H groups in total. The van der Waals surface area contributed by atoms with Crippen molar-refractivity contribution in [1.82, 2.24) is 14.7 Å². The number of ether oxygens (including phenoxy) is 1. The highest BCUT2D eigenvalue weighted by Crippen LogP contribution is 2.32.